The topological polar surface area (TPSA) is 64.1 Å². The van der Waals surface area contributed by atoms with Crippen molar-refractivity contribution >= 4 is 34.1 Å². The van der Waals surface area contributed by atoms with Crippen molar-refractivity contribution in [1.29, 1.82) is 0 Å². The molecule has 7 heteroatoms. The summed E-state index contributed by atoms with van der Waals surface area (Å²) >= 11 is 3.06. The van der Waals surface area contributed by atoms with Gasteiger partial charge >= 0.3 is 0 Å². The minimum Gasteiger partial charge on any atom is -0.484 e. The summed E-state index contributed by atoms with van der Waals surface area (Å²) in [7, 11) is 0. The number of hydrogen-bond donors (Lipinski definition) is 1. The van der Waals surface area contributed by atoms with Crippen LogP contribution in [0.2, 0.25) is 0 Å². The summed E-state index contributed by atoms with van der Waals surface area (Å²) in [6.07, 6.45) is 2.29. The van der Waals surface area contributed by atoms with Gasteiger partial charge in [-0.15, -0.1) is 10.2 Å². The third-order valence-electron chi connectivity index (χ3n) is 4.82. The number of amides is 1. The Kier molecular flexibility index (Phi) is 7.87. The van der Waals surface area contributed by atoms with Gasteiger partial charge in [0.15, 0.2) is 10.9 Å². The van der Waals surface area contributed by atoms with Crippen molar-refractivity contribution < 1.29 is 9.53 Å². The van der Waals surface area contributed by atoms with Gasteiger partial charge in [0.1, 0.15) is 5.75 Å². The average Bonchev–Trinajstić information content (AvgIpc) is 3.20. The van der Waals surface area contributed by atoms with Gasteiger partial charge in [0, 0.05) is 11.2 Å². The molecule has 0 unspecified atom stereocenters. The predicted molar refractivity (Wildman–Crippen MR) is 125 cm³/mol. The van der Waals surface area contributed by atoms with Crippen molar-refractivity contribution in [3.05, 3.63) is 65.7 Å². The molecule has 0 fully saturated rings. The minimum atomic E-state index is -0.245. The summed E-state index contributed by atoms with van der Waals surface area (Å²) in [5, 5.41) is 11.4. The second-order valence-electron chi connectivity index (χ2n) is 7.43. The standard InChI is InChI=1S/C23H27N3O2S2/c1-4-5-15-29-22-26-25-21(30-22)24-20(27)16-28-19-13-11-18(12-14-19)23(2,3)17-9-7-6-8-10-17/h6-14H,4-5,15-16H2,1-3H3,(H,24,25,27). The smallest absolute Gasteiger partial charge is 0.264 e. The van der Waals surface area contributed by atoms with Crippen LogP contribution in [0, 0.1) is 0 Å². The van der Waals surface area contributed by atoms with Crippen LogP contribution in [0.15, 0.2) is 58.9 Å². The van der Waals surface area contributed by atoms with Crippen molar-refractivity contribution in [2.24, 2.45) is 0 Å². The van der Waals surface area contributed by atoms with Crippen molar-refractivity contribution in [1.82, 2.24) is 10.2 Å². The SMILES string of the molecule is CCCCSc1nnc(NC(=O)COc2ccc(C(C)(C)c3ccccc3)cc2)s1. The Morgan fingerprint density at radius 1 is 1.07 bits per heavy atom. The lowest BCUT2D eigenvalue weighted by atomic mass is 9.78. The molecule has 1 aromatic heterocycles. The van der Waals surface area contributed by atoms with Crippen molar-refractivity contribution in [3.8, 4) is 5.75 Å². The van der Waals surface area contributed by atoms with E-state index in [0.717, 1.165) is 22.9 Å². The first-order valence-electron chi connectivity index (χ1n) is 10.0. The first-order chi connectivity index (χ1) is 14.5. The molecule has 0 saturated heterocycles. The van der Waals surface area contributed by atoms with Crippen LogP contribution in [0.3, 0.4) is 0 Å². The Balaban J connectivity index is 1.51. The summed E-state index contributed by atoms with van der Waals surface area (Å²) in [6.45, 7) is 6.48. The normalized spacial score (nSPS) is 11.3. The maximum absolute atomic E-state index is 12.2. The van der Waals surface area contributed by atoms with Crippen molar-refractivity contribution in [2.45, 2.75) is 43.4 Å². The number of nitrogens with one attached hydrogen (secondary N) is 1. The molecule has 5 nitrogen and oxygen atoms in total. The zero-order chi connectivity index (χ0) is 21.4. The number of ether oxygens (including phenoxy) is 1. The highest BCUT2D eigenvalue weighted by molar-refractivity contribution is 8.01. The molecule has 0 spiro atoms. The summed E-state index contributed by atoms with van der Waals surface area (Å²) in [4.78, 5) is 12.2. The zero-order valence-electron chi connectivity index (χ0n) is 17.6. The molecule has 2 aromatic carbocycles. The van der Waals surface area contributed by atoms with E-state index in [-0.39, 0.29) is 17.9 Å². The number of carbonyl (C=O) groups is 1. The molecule has 0 radical (unpaired) electrons. The Morgan fingerprint density at radius 3 is 2.47 bits per heavy atom. The van der Waals surface area contributed by atoms with Crippen LogP contribution in [-0.2, 0) is 10.2 Å². The van der Waals surface area contributed by atoms with E-state index >= 15 is 0 Å². The lowest BCUT2D eigenvalue weighted by Crippen LogP contribution is -2.20. The molecule has 0 bridgehead atoms. The molecule has 3 rings (SSSR count). The van der Waals surface area contributed by atoms with Gasteiger partial charge in [0.25, 0.3) is 5.91 Å². The molecule has 158 valence electrons. The summed E-state index contributed by atoms with van der Waals surface area (Å²) in [5.41, 5.74) is 2.33. The van der Waals surface area contributed by atoms with Crippen LogP contribution in [0.1, 0.15) is 44.7 Å². The largest absolute Gasteiger partial charge is 0.484 e. The number of benzene rings is 2. The van der Waals surface area contributed by atoms with E-state index in [4.69, 9.17) is 4.74 Å². The van der Waals surface area contributed by atoms with Crippen LogP contribution >= 0.6 is 23.1 Å². The van der Waals surface area contributed by atoms with Gasteiger partial charge in [-0.25, -0.2) is 0 Å². The number of nitrogens with zero attached hydrogens (tertiary/aromatic N) is 2. The van der Waals surface area contributed by atoms with E-state index < -0.39 is 0 Å². The molecule has 30 heavy (non-hydrogen) atoms. The summed E-state index contributed by atoms with van der Waals surface area (Å²) in [5.74, 6) is 1.43. The maximum atomic E-state index is 12.2. The molecule has 0 aliphatic rings. The van der Waals surface area contributed by atoms with E-state index in [0.29, 0.717) is 10.9 Å². The number of anilines is 1. The average molecular weight is 442 g/mol. The van der Waals surface area contributed by atoms with Crippen molar-refractivity contribution in [3.63, 3.8) is 0 Å². The lowest BCUT2D eigenvalue weighted by Gasteiger charge is -2.26. The fraction of sp³-hybridized carbons (Fsp3) is 0.348. The fourth-order valence-electron chi connectivity index (χ4n) is 2.92. The number of hydrogen-bond acceptors (Lipinski definition) is 6. The monoisotopic (exact) mass is 441 g/mol. The third-order valence-corrected chi connectivity index (χ3v) is 6.88. The highest BCUT2D eigenvalue weighted by Crippen LogP contribution is 2.32. The lowest BCUT2D eigenvalue weighted by molar-refractivity contribution is -0.118. The fourth-order valence-corrected chi connectivity index (χ4v) is 4.84. The molecular weight excluding hydrogens is 414 g/mol. The van der Waals surface area contributed by atoms with Gasteiger partial charge in [0.2, 0.25) is 5.13 Å². The Hall–Kier alpha value is -2.38. The summed E-state index contributed by atoms with van der Waals surface area (Å²) in [6, 6.07) is 18.3. The molecule has 3 aromatic rings. The molecule has 0 saturated carbocycles. The number of unbranched alkanes of at least 4 members (excludes halogenated alkanes) is 1. The quantitative estimate of drug-likeness (QED) is 0.246. The van der Waals surface area contributed by atoms with Crippen LogP contribution in [0.5, 0.6) is 5.75 Å². The predicted octanol–water partition coefficient (Wildman–Crippen LogP) is 5.77. The van der Waals surface area contributed by atoms with Gasteiger partial charge < -0.3 is 4.74 Å². The van der Waals surface area contributed by atoms with E-state index in [1.165, 1.54) is 22.5 Å². The Labute approximate surface area is 186 Å². The van der Waals surface area contributed by atoms with Crippen LogP contribution in [0.25, 0.3) is 0 Å². The first-order valence-corrected chi connectivity index (χ1v) is 11.8. The van der Waals surface area contributed by atoms with Crippen molar-refractivity contribution in [2.75, 3.05) is 17.7 Å². The van der Waals surface area contributed by atoms with Gasteiger partial charge in [-0.2, -0.15) is 0 Å². The molecule has 1 heterocycles. The highest BCUT2D eigenvalue weighted by Gasteiger charge is 2.22. The van der Waals surface area contributed by atoms with Crippen LogP contribution in [0.4, 0.5) is 5.13 Å². The molecule has 1 amide bonds. The van der Waals surface area contributed by atoms with Gasteiger partial charge in [-0.1, -0.05) is 92.8 Å². The molecular formula is C23H27N3O2S2. The van der Waals surface area contributed by atoms with E-state index in [1.54, 1.807) is 11.8 Å². The first kappa shape index (κ1) is 22.3. The molecule has 0 atom stereocenters. The second-order valence-corrected chi connectivity index (χ2v) is 9.75. The molecule has 0 aliphatic carbocycles. The van der Waals surface area contributed by atoms with E-state index in [2.05, 4.69) is 60.6 Å². The third kappa shape index (κ3) is 6.06. The number of carbonyl (C=O) groups excluding carboxylic acids is 1. The zero-order valence-corrected chi connectivity index (χ0v) is 19.2. The Bertz CT molecular complexity index is 941. The van der Waals surface area contributed by atoms with E-state index in [9.17, 15) is 4.79 Å². The maximum Gasteiger partial charge on any atom is 0.264 e. The Morgan fingerprint density at radius 2 is 1.77 bits per heavy atom. The van der Waals surface area contributed by atoms with E-state index in [1.807, 2.05) is 30.3 Å². The van der Waals surface area contributed by atoms with Crippen LogP contribution in [-0.4, -0.2) is 28.5 Å². The van der Waals surface area contributed by atoms with Gasteiger partial charge in [0.05, 0.1) is 0 Å². The van der Waals surface area contributed by atoms with Gasteiger partial charge in [-0.05, 0) is 29.7 Å². The molecule has 0 aliphatic heterocycles. The second kappa shape index (κ2) is 10.6. The minimum absolute atomic E-state index is 0.0701. The van der Waals surface area contributed by atoms with Crippen LogP contribution < -0.4 is 10.1 Å². The highest BCUT2D eigenvalue weighted by atomic mass is 32.2. The number of aromatic nitrogens is 2. The number of rotatable bonds is 10. The number of thioether (sulfide) groups is 1. The summed E-state index contributed by atoms with van der Waals surface area (Å²) < 4.78 is 6.51. The molecule has 1 N–H and O–H groups in total. The van der Waals surface area contributed by atoms with Gasteiger partial charge in [-0.3, -0.25) is 10.1 Å².